The molecule has 1 aromatic carbocycles. The van der Waals surface area contributed by atoms with E-state index in [1.807, 2.05) is 0 Å². The van der Waals surface area contributed by atoms with Crippen LogP contribution < -0.4 is 4.74 Å². The zero-order chi connectivity index (χ0) is 15.9. The number of hydrogen-bond donors (Lipinski definition) is 0. The van der Waals surface area contributed by atoms with E-state index in [4.69, 9.17) is 4.74 Å². The highest BCUT2D eigenvalue weighted by Crippen LogP contribution is 2.29. The molecule has 21 heavy (non-hydrogen) atoms. The van der Waals surface area contributed by atoms with Crippen molar-refractivity contribution >= 4 is 18.9 Å². The number of ether oxygens (including phenoxy) is 1. The van der Waals surface area contributed by atoms with Crippen molar-refractivity contribution < 1.29 is 32.3 Å². The number of carbonyl (C=O) groups is 3. The van der Waals surface area contributed by atoms with Gasteiger partial charge >= 0.3 is 6.18 Å². The lowest BCUT2D eigenvalue weighted by molar-refractivity contribution is -0.197. The number of unbranched alkanes of at least 4 members (excludes halogenated alkanes) is 1. The maximum atomic E-state index is 12.8. The Bertz CT molecular complexity index is 511. The number of alkyl halides is 3. The van der Waals surface area contributed by atoms with E-state index >= 15 is 0 Å². The summed E-state index contributed by atoms with van der Waals surface area (Å²) in [5.41, 5.74) is 0.0261. The van der Waals surface area contributed by atoms with Gasteiger partial charge in [-0.15, -0.1) is 0 Å². The molecule has 1 aromatic rings. The minimum Gasteiger partial charge on any atom is -0.481 e. The normalized spacial score (nSPS) is 12.5. The van der Waals surface area contributed by atoms with Crippen molar-refractivity contribution in [3.05, 3.63) is 29.3 Å². The van der Waals surface area contributed by atoms with Crippen molar-refractivity contribution in [1.82, 2.24) is 0 Å². The monoisotopic (exact) mass is 302 g/mol. The first-order chi connectivity index (χ1) is 9.92. The van der Waals surface area contributed by atoms with E-state index in [-0.39, 0.29) is 36.1 Å². The second kappa shape index (κ2) is 7.56. The Labute approximate surface area is 118 Å². The average molecular weight is 302 g/mol. The van der Waals surface area contributed by atoms with Crippen LogP contribution in [0.3, 0.4) is 0 Å². The van der Waals surface area contributed by atoms with E-state index in [1.54, 1.807) is 0 Å². The second-order valence-electron chi connectivity index (χ2n) is 4.27. The van der Waals surface area contributed by atoms with Gasteiger partial charge in [-0.1, -0.05) is 0 Å². The van der Waals surface area contributed by atoms with Crippen LogP contribution in [-0.2, 0) is 4.79 Å². The zero-order valence-electron chi connectivity index (χ0n) is 10.9. The van der Waals surface area contributed by atoms with Crippen LogP contribution in [0.4, 0.5) is 13.2 Å². The first-order valence-corrected chi connectivity index (χ1v) is 6.13. The van der Waals surface area contributed by atoms with E-state index in [0.29, 0.717) is 18.9 Å². The number of carbonyl (C=O) groups excluding carboxylic acids is 3. The van der Waals surface area contributed by atoms with Gasteiger partial charge in [-0.2, -0.15) is 13.2 Å². The van der Waals surface area contributed by atoms with Gasteiger partial charge in [-0.25, -0.2) is 0 Å². The van der Waals surface area contributed by atoms with Crippen molar-refractivity contribution in [2.75, 3.05) is 0 Å². The van der Waals surface area contributed by atoms with E-state index in [2.05, 4.69) is 0 Å². The molecule has 0 aromatic heterocycles. The lowest BCUT2D eigenvalue weighted by Crippen LogP contribution is -2.34. The number of hydrogen-bond acceptors (Lipinski definition) is 4. The van der Waals surface area contributed by atoms with Gasteiger partial charge in [0.25, 0.3) is 0 Å². The van der Waals surface area contributed by atoms with Gasteiger partial charge in [-0.05, 0) is 31.0 Å². The summed E-state index contributed by atoms with van der Waals surface area (Å²) in [4.78, 5) is 31.6. The Kier molecular flexibility index (Phi) is 6.08. The van der Waals surface area contributed by atoms with Gasteiger partial charge in [0.2, 0.25) is 0 Å². The van der Waals surface area contributed by atoms with Crippen molar-refractivity contribution in [3.63, 3.8) is 0 Å². The van der Waals surface area contributed by atoms with Gasteiger partial charge in [0.05, 0.1) is 0 Å². The van der Waals surface area contributed by atoms with Gasteiger partial charge in [0.15, 0.2) is 18.7 Å². The minimum atomic E-state index is -4.59. The molecule has 0 N–H and O–H groups in total. The second-order valence-corrected chi connectivity index (χ2v) is 4.27. The molecule has 1 rings (SSSR count). The molecule has 0 saturated heterocycles. The summed E-state index contributed by atoms with van der Waals surface area (Å²) in [6, 6.07) is 3.48. The van der Waals surface area contributed by atoms with E-state index in [0.717, 1.165) is 6.07 Å². The van der Waals surface area contributed by atoms with Crippen LogP contribution >= 0.6 is 0 Å². The third-order valence-corrected chi connectivity index (χ3v) is 2.74. The number of halogens is 3. The molecule has 0 aliphatic carbocycles. The van der Waals surface area contributed by atoms with Crippen LogP contribution in [0.25, 0.3) is 0 Å². The predicted octanol–water partition coefficient (Wildman–Crippen LogP) is 2.99. The largest absolute Gasteiger partial charge is 0.481 e. The minimum absolute atomic E-state index is 0.0135. The molecular weight excluding hydrogens is 289 g/mol. The van der Waals surface area contributed by atoms with Crippen molar-refractivity contribution in [2.45, 2.75) is 31.5 Å². The van der Waals surface area contributed by atoms with Crippen LogP contribution in [0.2, 0.25) is 0 Å². The number of benzene rings is 1. The molecule has 0 bridgehead atoms. The first kappa shape index (κ1) is 16.9. The fraction of sp³-hybridized carbons (Fsp3) is 0.357. The van der Waals surface area contributed by atoms with Gasteiger partial charge in [-0.3, -0.25) is 9.59 Å². The summed E-state index contributed by atoms with van der Waals surface area (Å²) < 4.78 is 43.3. The number of aldehydes is 3. The molecule has 1 unspecified atom stereocenters. The van der Waals surface area contributed by atoms with E-state index in [9.17, 15) is 27.6 Å². The molecule has 0 spiro atoms. The SMILES string of the molecule is O=CCCCC(Oc1ccc(C=O)c(C=O)c1)C(F)(F)F. The van der Waals surface area contributed by atoms with Crippen molar-refractivity contribution in [1.29, 1.82) is 0 Å². The molecule has 1 atom stereocenters. The Morgan fingerprint density at radius 1 is 1.10 bits per heavy atom. The zero-order valence-corrected chi connectivity index (χ0v) is 10.9. The highest BCUT2D eigenvalue weighted by atomic mass is 19.4. The molecule has 0 aliphatic rings. The maximum Gasteiger partial charge on any atom is 0.425 e. The Hall–Kier alpha value is -2.18. The maximum absolute atomic E-state index is 12.8. The quantitative estimate of drug-likeness (QED) is 0.547. The molecule has 0 amide bonds. The molecule has 0 saturated carbocycles. The van der Waals surface area contributed by atoms with Crippen LogP contribution in [0.5, 0.6) is 5.75 Å². The fourth-order valence-electron chi connectivity index (χ4n) is 1.68. The molecule has 0 aliphatic heterocycles. The lowest BCUT2D eigenvalue weighted by Gasteiger charge is -2.21. The third-order valence-electron chi connectivity index (χ3n) is 2.74. The lowest BCUT2D eigenvalue weighted by atomic mass is 10.1. The topological polar surface area (TPSA) is 60.4 Å². The smallest absolute Gasteiger partial charge is 0.425 e. The Morgan fingerprint density at radius 3 is 2.29 bits per heavy atom. The average Bonchev–Trinajstić information content (AvgIpc) is 2.45. The molecule has 0 radical (unpaired) electrons. The summed E-state index contributed by atoms with van der Waals surface area (Å²) in [7, 11) is 0. The van der Waals surface area contributed by atoms with Crippen LogP contribution in [0.1, 0.15) is 40.0 Å². The molecule has 0 fully saturated rings. The van der Waals surface area contributed by atoms with Gasteiger partial charge < -0.3 is 9.53 Å². The first-order valence-electron chi connectivity index (χ1n) is 6.13. The van der Waals surface area contributed by atoms with Crippen LogP contribution in [0, 0.1) is 0 Å². The highest BCUT2D eigenvalue weighted by molar-refractivity contribution is 5.90. The predicted molar refractivity (Wildman–Crippen MR) is 67.6 cm³/mol. The Balaban J connectivity index is 2.89. The summed E-state index contributed by atoms with van der Waals surface area (Å²) in [6.07, 6.45) is -5.64. The number of rotatable bonds is 8. The summed E-state index contributed by atoms with van der Waals surface area (Å²) in [5.74, 6) is -0.156. The van der Waals surface area contributed by atoms with Gasteiger partial charge in [0, 0.05) is 17.5 Å². The summed E-state index contributed by atoms with van der Waals surface area (Å²) in [6.45, 7) is 0. The summed E-state index contributed by atoms with van der Waals surface area (Å²) >= 11 is 0. The standard InChI is InChI=1S/C14H13F3O4/c15-14(16,17)13(3-1-2-6-18)21-12-5-4-10(8-19)11(7-12)9-20/h4-9,13H,1-3H2. The summed E-state index contributed by atoms with van der Waals surface area (Å²) in [5, 5.41) is 0. The fourth-order valence-corrected chi connectivity index (χ4v) is 1.68. The van der Waals surface area contributed by atoms with Crippen molar-refractivity contribution in [2.24, 2.45) is 0 Å². The Morgan fingerprint density at radius 2 is 1.76 bits per heavy atom. The van der Waals surface area contributed by atoms with Crippen LogP contribution in [-0.4, -0.2) is 31.1 Å². The molecule has 7 heteroatoms. The highest BCUT2D eigenvalue weighted by Gasteiger charge is 2.41. The van der Waals surface area contributed by atoms with E-state index in [1.165, 1.54) is 12.1 Å². The third kappa shape index (κ3) is 5.02. The van der Waals surface area contributed by atoms with E-state index < -0.39 is 12.3 Å². The van der Waals surface area contributed by atoms with Gasteiger partial charge in [0.1, 0.15) is 12.0 Å². The van der Waals surface area contributed by atoms with Crippen LogP contribution in [0.15, 0.2) is 18.2 Å². The molecule has 4 nitrogen and oxygen atoms in total. The molecule has 0 heterocycles. The molecule has 114 valence electrons. The van der Waals surface area contributed by atoms with Crippen molar-refractivity contribution in [3.8, 4) is 5.75 Å². The molecular formula is C14H13F3O4.